The number of nitrogens with zero attached hydrogens (tertiary/aromatic N) is 6. The molecule has 0 saturated heterocycles. The summed E-state index contributed by atoms with van der Waals surface area (Å²) in [5.74, 6) is 0.825. The van der Waals surface area contributed by atoms with Crippen LogP contribution >= 0.6 is 23.4 Å². The summed E-state index contributed by atoms with van der Waals surface area (Å²) >= 11 is 7.37. The van der Waals surface area contributed by atoms with E-state index in [1.807, 2.05) is 44.2 Å². The number of amides is 1. The van der Waals surface area contributed by atoms with Gasteiger partial charge < -0.3 is 16.0 Å². The Morgan fingerprint density at radius 2 is 1.86 bits per heavy atom. The van der Waals surface area contributed by atoms with E-state index in [1.54, 1.807) is 4.40 Å². The monoisotopic (exact) mass is 527 g/mol. The summed E-state index contributed by atoms with van der Waals surface area (Å²) < 4.78 is 1.65. The summed E-state index contributed by atoms with van der Waals surface area (Å²) in [6.07, 6.45) is 0. The van der Waals surface area contributed by atoms with Gasteiger partial charge in [0.2, 0.25) is 23.0 Å². The Morgan fingerprint density at radius 1 is 1.11 bits per heavy atom. The van der Waals surface area contributed by atoms with Crippen LogP contribution in [0.5, 0.6) is 0 Å². The first-order chi connectivity index (χ1) is 17.4. The van der Waals surface area contributed by atoms with Gasteiger partial charge >= 0.3 is 0 Å². The van der Waals surface area contributed by atoms with Gasteiger partial charge in [-0.15, -0.1) is 10.2 Å². The third-order valence-electron chi connectivity index (χ3n) is 4.90. The van der Waals surface area contributed by atoms with Gasteiger partial charge in [0.15, 0.2) is 0 Å². The van der Waals surface area contributed by atoms with Crippen LogP contribution in [0.25, 0.3) is 5.78 Å². The summed E-state index contributed by atoms with van der Waals surface area (Å²) in [6, 6.07) is 13.0. The van der Waals surface area contributed by atoms with Gasteiger partial charge in [0.25, 0.3) is 11.5 Å². The summed E-state index contributed by atoms with van der Waals surface area (Å²) in [6.45, 7) is 5.11. The highest BCUT2D eigenvalue weighted by atomic mass is 35.5. The van der Waals surface area contributed by atoms with Crippen LogP contribution in [-0.4, -0.2) is 48.5 Å². The molecule has 2 heterocycles. The molecule has 3 N–H and O–H groups in total. The molecular weight excluding hydrogens is 506 g/mol. The van der Waals surface area contributed by atoms with E-state index in [-0.39, 0.29) is 16.4 Å². The summed E-state index contributed by atoms with van der Waals surface area (Å²) in [5.41, 5.74) is 0.798. The van der Waals surface area contributed by atoms with Crippen molar-refractivity contribution in [2.45, 2.75) is 24.3 Å². The Hall–Kier alpha value is -3.97. The van der Waals surface area contributed by atoms with Crippen molar-refractivity contribution < 1.29 is 9.72 Å². The number of benzene rings is 2. The van der Waals surface area contributed by atoms with Crippen molar-refractivity contribution in [3.8, 4) is 0 Å². The van der Waals surface area contributed by atoms with E-state index in [2.05, 4.69) is 36.1 Å². The molecular formula is C22H22ClN9O3S. The molecule has 12 nitrogen and oxygen atoms in total. The van der Waals surface area contributed by atoms with E-state index in [4.69, 9.17) is 11.6 Å². The average Bonchev–Trinajstić information content (AvgIpc) is 3.27. The molecule has 2 aromatic heterocycles. The largest absolute Gasteiger partial charge is 0.355 e. The number of halogens is 1. The number of thioether (sulfide) groups is 1. The fraction of sp³-hybridized carbons (Fsp3) is 0.227. The van der Waals surface area contributed by atoms with Crippen molar-refractivity contribution in [3.63, 3.8) is 0 Å². The lowest BCUT2D eigenvalue weighted by Crippen LogP contribution is -2.20. The molecule has 36 heavy (non-hydrogen) atoms. The van der Waals surface area contributed by atoms with Crippen molar-refractivity contribution in [2.75, 3.05) is 29.0 Å². The number of nitro groups is 1. The minimum Gasteiger partial charge on any atom is -0.355 e. The molecule has 0 aliphatic carbocycles. The van der Waals surface area contributed by atoms with Gasteiger partial charge in [-0.1, -0.05) is 53.7 Å². The summed E-state index contributed by atoms with van der Waals surface area (Å²) in [5, 5.41) is 28.2. The highest BCUT2D eigenvalue weighted by Crippen LogP contribution is 2.37. The van der Waals surface area contributed by atoms with Crippen molar-refractivity contribution in [1.82, 2.24) is 24.6 Å². The first-order valence-electron chi connectivity index (χ1n) is 11.0. The number of fused-ring (bicyclic) bond motifs is 1. The van der Waals surface area contributed by atoms with E-state index < -0.39 is 16.1 Å². The number of carbonyl (C=O) groups excluding carboxylic acids is 1. The fourth-order valence-corrected chi connectivity index (χ4v) is 4.56. The molecule has 0 radical (unpaired) electrons. The predicted molar refractivity (Wildman–Crippen MR) is 139 cm³/mol. The van der Waals surface area contributed by atoms with Gasteiger partial charge in [0.05, 0.1) is 15.6 Å². The van der Waals surface area contributed by atoms with Crippen molar-refractivity contribution >= 4 is 58.3 Å². The van der Waals surface area contributed by atoms with Gasteiger partial charge in [0, 0.05) is 25.2 Å². The molecule has 0 aliphatic rings. The number of rotatable bonds is 10. The van der Waals surface area contributed by atoms with Gasteiger partial charge in [-0.3, -0.25) is 14.9 Å². The van der Waals surface area contributed by atoms with Gasteiger partial charge in [-0.25, -0.2) is 4.40 Å². The molecule has 4 aromatic rings. The molecule has 0 saturated carbocycles. The Labute approximate surface area is 215 Å². The zero-order chi connectivity index (χ0) is 25.7. The molecule has 0 fully saturated rings. The molecule has 4 rings (SSSR count). The minimum atomic E-state index is -0.757. The second-order valence-corrected chi connectivity index (χ2v) is 8.85. The quantitative estimate of drug-likeness (QED) is 0.153. The topological polar surface area (TPSA) is 152 Å². The Morgan fingerprint density at radius 3 is 2.53 bits per heavy atom. The molecule has 14 heteroatoms. The molecule has 0 bridgehead atoms. The first kappa shape index (κ1) is 25.1. The zero-order valence-electron chi connectivity index (χ0n) is 19.3. The summed E-state index contributed by atoms with van der Waals surface area (Å²) in [7, 11) is 0. The third kappa shape index (κ3) is 5.47. The first-order valence-corrected chi connectivity index (χ1v) is 12.2. The lowest BCUT2D eigenvalue weighted by atomic mass is 10.1. The number of hydrogen-bond donors (Lipinski definition) is 3. The zero-order valence-corrected chi connectivity index (χ0v) is 20.9. The second-order valence-electron chi connectivity index (χ2n) is 7.37. The van der Waals surface area contributed by atoms with Gasteiger partial charge in [0.1, 0.15) is 5.25 Å². The van der Waals surface area contributed by atoms with E-state index >= 15 is 0 Å². The molecule has 0 unspecified atom stereocenters. The smallest absolute Gasteiger partial charge is 0.271 e. The summed E-state index contributed by atoms with van der Waals surface area (Å²) in [4.78, 5) is 32.8. The van der Waals surface area contributed by atoms with Crippen LogP contribution in [0, 0.1) is 10.1 Å². The normalized spacial score (nSPS) is 11.8. The fourth-order valence-electron chi connectivity index (χ4n) is 3.30. The minimum absolute atomic E-state index is 0.0566. The van der Waals surface area contributed by atoms with Gasteiger partial charge in [-0.05, 0) is 25.5 Å². The van der Waals surface area contributed by atoms with E-state index in [9.17, 15) is 14.9 Å². The average molecular weight is 528 g/mol. The SMILES string of the molecule is CCNc1nc(NCC)n2c(S[C@H](C(=O)Nc3ccc([N+](=O)[O-])cc3Cl)c3ccccc3)nnc2n1. The lowest BCUT2D eigenvalue weighted by Gasteiger charge is -2.17. The number of hydrogen-bond acceptors (Lipinski definition) is 10. The second kappa shape index (κ2) is 11.2. The van der Waals surface area contributed by atoms with E-state index in [0.29, 0.717) is 41.5 Å². The van der Waals surface area contributed by atoms with Crippen LogP contribution in [0.1, 0.15) is 24.7 Å². The number of non-ortho nitro benzene ring substituents is 1. The maximum atomic E-state index is 13.5. The number of nitrogens with one attached hydrogen (secondary N) is 3. The maximum Gasteiger partial charge on any atom is 0.271 e. The van der Waals surface area contributed by atoms with Crippen LogP contribution in [-0.2, 0) is 4.79 Å². The number of aromatic nitrogens is 5. The third-order valence-corrected chi connectivity index (χ3v) is 6.41. The lowest BCUT2D eigenvalue weighted by molar-refractivity contribution is -0.384. The Balaban J connectivity index is 1.70. The van der Waals surface area contributed by atoms with E-state index in [0.717, 1.165) is 11.8 Å². The molecule has 2 aromatic carbocycles. The van der Waals surface area contributed by atoms with Gasteiger partial charge in [-0.2, -0.15) is 9.97 Å². The Kier molecular flexibility index (Phi) is 7.80. The van der Waals surface area contributed by atoms with Crippen molar-refractivity contribution in [1.29, 1.82) is 0 Å². The van der Waals surface area contributed by atoms with Crippen LogP contribution < -0.4 is 16.0 Å². The number of anilines is 3. The molecule has 1 amide bonds. The van der Waals surface area contributed by atoms with Crippen LogP contribution in [0.15, 0.2) is 53.7 Å². The molecule has 1 atom stereocenters. The van der Waals surface area contributed by atoms with Crippen molar-refractivity contribution in [3.05, 3.63) is 69.2 Å². The van der Waals surface area contributed by atoms with Crippen LogP contribution in [0.2, 0.25) is 5.02 Å². The number of carbonyl (C=O) groups is 1. The Bertz CT molecular complexity index is 1400. The van der Waals surface area contributed by atoms with Crippen molar-refractivity contribution in [2.24, 2.45) is 0 Å². The standard InChI is InChI=1S/C22H22ClN9O3S/c1-3-24-19-27-20(25-4-2)31-21(28-19)29-30-22(31)36-17(13-8-6-5-7-9-13)18(33)26-16-11-10-14(32(34)35)12-15(16)23/h5-12,17H,3-4H2,1-2H3,(H,26,33)(H2,24,25,27,28,29)/t17-/m0/s1. The number of nitro benzene ring substituents is 1. The van der Waals surface area contributed by atoms with Crippen LogP contribution in [0.3, 0.4) is 0 Å². The predicted octanol–water partition coefficient (Wildman–Crippen LogP) is 4.42. The highest BCUT2D eigenvalue weighted by molar-refractivity contribution is 8.00. The molecule has 186 valence electrons. The molecule has 0 aliphatic heterocycles. The molecule has 0 spiro atoms. The van der Waals surface area contributed by atoms with E-state index in [1.165, 1.54) is 18.2 Å². The maximum absolute atomic E-state index is 13.5. The highest BCUT2D eigenvalue weighted by Gasteiger charge is 2.27. The van der Waals surface area contributed by atoms with Crippen LogP contribution in [0.4, 0.5) is 23.3 Å².